The van der Waals surface area contributed by atoms with Crippen LogP contribution < -0.4 is 10.2 Å². The topological polar surface area (TPSA) is 82.1 Å². The van der Waals surface area contributed by atoms with E-state index in [9.17, 15) is 9.59 Å². The minimum absolute atomic E-state index is 0.0743. The third-order valence-electron chi connectivity index (χ3n) is 3.94. The van der Waals surface area contributed by atoms with Crippen LogP contribution in [0.15, 0.2) is 24.3 Å². The van der Waals surface area contributed by atoms with Gasteiger partial charge in [-0.15, -0.1) is 0 Å². The van der Waals surface area contributed by atoms with Crippen molar-refractivity contribution in [2.75, 3.05) is 62.8 Å². The molecule has 2 rings (SSSR count). The number of hydrogen-bond donors (Lipinski definition) is 2. The van der Waals surface area contributed by atoms with Gasteiger partial charge in [-0.1, -0.05) is 21.6 Å². The Balaban J connectivity index is 1.62. The number of rotatable bonds is 9. The quantitative estimate of drug-likeness (QED) is 0.372. The highest BCUT2D eigenvalue weighted by Crippen LogP contribution is 2.20. The highest BCUT2D eigenvalue weighted by molar-refractivity contribution is 8.76. The maximum absolute atomic E-state index is 12.2. The van der Waals surface area contributed by atoms with Crippen LogP contribution in [0.1, 0.15) is 10.4 Å². The summed E-state index contributed by atoms with van der Waals surface area (Å²) < 4.78 is 4.41. The van der Waals surface area contributed by atoms with E-state index in [-0.39, 0.29) is 12.5 Å². The van der Waals surface area contributed by atoms with Gasteiger partial charge in [0, 0.05) is 55.5 Å². The normalized spacial score (nSPS) is 14.9. The van der Waals surface area contributed by atoms with Crippen LogP contribution >= 0.6 is 21.6 Å². The number of nitrogens with one attached hydrogen (secondary N) is 1. The molecule has 1 aromatic carbocycles. The number of ether oxygens (including phenoxy) is 1. The standard InChI is InChI=1S/C17H25N3O4S2/c1-19-7-9-20(10-8-19)15-4-2-14(3-5-15)16(21)18-6-12-25-26-13-11-24-17(22)23/h2-5H,6-13H2,1H3,(H,18,21)(H,22,23). The molecular formula is C17H25N3O4S2. The highest BCUT2D eigenvalue weighted by atomic mass is 33.1. The zero-order chi connectivity index (χ0) is 18.8. The summed E-state index contributed by atoms with van der Waals surface area (Å²) in [6.07, 6.45) is -1.25. The molecule has 144 valence electrons. The number of carbonyl (C=O) groups is 2. The van der Waals surface area contributed by atoms with Gasteiger partial charge in [-0.3, -0.25) is 4.79 Å². The van der Waals surface area contributed by atoms with Crippen LogP contribution in [0.3, 0.4) is 0 Å². The summed E-state index contributed by atoms with van der Waals surface area (Å²) in [6, 6.07) is 7.75. The van der Waals surface area contributed by atoms with Crippen LogP contribution in [0.5, 0.6) is 0 Å². The van der Waals surface area contributed by atoms with E-state index in [1.807, 2.05) is 24.3 Å². The minimum atomic E-state index is -1.25. The second-order valence-electron chi connectivity index (χ2n) is 5.85. The molecule has 0 saturated carbocycles. The Labute approximate surface area is 161 Å². The molecule has 0 aliphatic carbocycles. The van der Waals surface area contributed by atoms with Crippen LogP contribution in [0.25, 0.3) is 0 Å². The molecule has 1 aromatic rings. The summed E-state index contributed by atoms with van der Waals surface area (Å²) in [5, 5.41) is 11.2. The molecule has 1 amide bonds. The van der Waals surface area contributed by atoms with Gasteiger partial charge in [0.2, 0.25) is 0 Å². The van der Waals surface area contributed by atoms with Crippen molar-refractivity contribution in [3.8, 4) is 0 Å². The molecule has 0 spiro atoms. The largest absolute Gasteiger partial charge is 0.505 e. The molecule has 1 heterocycles. The Hall–Kier alpha value is -1.58. The molecule has 2 N–H and O–H groups in total. The van der Waals surface area contributed by atoms with Crippen LogP contribution in [0.4, 0.5) is 10.5 Å². The average molecular weight is 400 g/mol. The Morgan fingerprint density at radius 2 is 1.77 bits per heavy atom. The number of carboxylic acid groups (broad SMARTS) is 1. The Kier molecular flexibility index (Phi) is 8.93. The highest BCUT2D eigenvalue weighted by Gasteiger charge is 2.14. The fourth-order valence-electron chi connectivity index (χ4n) is 2.48. The monoisotopic (exact) mass is 399 g/mol. The Morgan fingerprint density at radius 3 is 2.42 bits per heavy atom. The molecular weight excluding hydrogens is 374 g/mol. The summed E-state index contributed by atoms with van der Waals surface area (Å²) in [7, 11) is 5.24. The lowest BCUT2D eigenvalue weighted by molar-refractivity contribution is 0.0951. The average Bonchev–Trinajstić information content (AvgIpc) is 2.64. The lowest BCUT2D eigenvalue weighted by atomic mass is 10.1. The fourth-order valence-corrected chi connectivity index (χ4v) is 4.21. The second kappa shape index (κ2) is 11.2. The molecule has 0 radical (unpaired) electrons. The minimum Gasteiger partial charge on any atom is -0.450 e. The van der Waals surface area contributed by atoms with E-state index in [2.05, 4.69) is 26.9 Å². The number of benzene rings is 1. The van der Waals surface area contributed by atoms with Crippen molar-refractivity contribution in [3.63, 3.8) is 0 Å². The van der Waals surface area contributed by atoms with E-state index < -0.39 is 6.16 Å². The van der Waals surface area contributed by atoms with E-state index >= 15 is 0 Å². The molecule has 0 unspecified atom stereocenters. The van der Waals surface area contributed by atoms with Crippen molar-refractivity contribution in [2.24, 2.45) is 0 Å². The first-order valence-corrected chi connectivity index (χ1v) is 11.0. The van der Waals surface area contributed by atoms with E-state index in [1.165, 1.54) is 10.8 Å². The third kappa shape index (κ3) is 7.35. The predicted octanol–water partition coefficient (Wildman–Crippen LogP) is 2.24. The van der Waals surface area contributed by atoms with Gasteiger partial charge in [0.15, 0.2) is 0 Å². The number of hydrogen-bond acceptors (Lipinski definition) is 7. The molecule has 0 bridgehead atoms. The molecule has 9 heteroatoms. The first-order valence-electron chi connectivity index (χ1n) is 8.48. The predicted molar refractivity (Wildman–Crippen MR) is 107 cm³/mol. The molecule has 1 saturated heterocycles. The number of anilines is 1. The first-order chi connectivity index (χ1) is 12.6. The summed E-state index contributed by atoms with van der Waals surface area (Å²) in [6.45, 7) is 4.87. The summed E-state index contributed by atoms with van der Waals surface area (Å²) in [4.78, 5) is 27.0. The number of likely N-dealkylation sites (N-methyl/N-ethyl adjacent to an activating group) is 1. The van der Waals surface area contributed by atoms with E-state index in [1.54, 1.807) is 10.8 Å². The molecule has 0 aromatic heterocycles. The third-order valence-corrected chi connectivity index (χ3v) is 6.32. The second-order valence-corrected chi connectivity index (χ2v) is 8.55. The van der Waals surface area contributed by atoms with Crippen molar-refractivity contribution in [3.05, 3.63) is 29.8 Å². The van der Waals surface area contributed by atoms with Gasteiger partial charge in [-0.2, -0.15) is 0 Å². The van der Waals surface area contributed by atoms with Crippen LogP contribution in [-0.2, 0) is 4.74 Å². The van der Waals surface area contributed by atoms with Gasteiger partial charge < -0.3 is 25.0 Å². The smallest absolute Gasteiger partial charge is 0.450 e. The van der Waals surface area contributed by atoms with E-state index in [4.69, 9.17) is 5.11 Å². The molecule has 7 nitrogen and oxygen atoms in total. The molecule has 1 fully saturated rings. The molecule has 26 heavy (non-hydrogen) atoms. The lowest BCUT2D eigenvalue weighted by Gasteiger charge is -2.34. The fraction of sp³-hybridized carbons (Fsp3) is 0.529. The lowest BCUT2D eigenvalue weighted by Crippen LogP contribution is -2.44. The zero-order valence-electron chi connectivity index (χ0n) is 14.8. The molecule has 0 atom stereocenters. The summed E-state index contributed by atoms with van der Waals surface area (Å²) >= 11 is 0. The maximum atomic E-state index is 12.2. The van der Waals surface area contributed by atoms with Gasteiger partial charge in [0.1, 0.15) is 6.61 Å². The van der Waals surface area contributed by atoms with E-state index in [0.717, 1.165) is 37.6 Å². The van der Waals surface area contributed by atoms with Gasteiger partial charge in [-0.05, 0) is 31.3 Å². The van der Waals surface area contributed by atoms with Crippen molar-refractivity contribution in [1.29, 1.82) is 0 Å². The number of piperazine rings is 1. The zero-order valence-corrected chi connectivity index (χ0v) is 16.5. The maximum Gasteiger partial charge on any atom is 0.505 e. The van der Waals surface area contributed by atoms with Crippen molar-refractivity contribution >= 4 is 39.3 Å². The van der Waals surface area contributed by atoms with Crippen molar-refractivity contribution in [1.82, 2.24) is 10.2 Å². The number of carbonyl (C=O) groups excluding carboxylic acids is 1. The van der Waals surface area contributed by atoms with Crippen LogP contribution in [0, 0.1) is 0 Å². The van der Waals surface area contributed by atoms with Crippen LogP contribution in [-0.4, -0.2) is 80.0 Å². The van der Waals surface area contributed by atoms with Gasteiger partial charge in [0.25, 0.3) is 5.91 Å². The van der Waals surface area contributed by atoms with Gasteiger partial charge in [-0.25, -0.2) is 4.79 Å². The van der Waals surface area contributed by atoms with E-state index in [0.29, 0.717) is 17.9 Å². The number of nitrogens with zero attached hydrogens (tertiary/aromatic N) is 2. The summed E-state index contributed by atoms with van der Waals surface area (Å²) in [5.41, 5.74) is 1.82. The van der Waals surface area contributed by atoms with Gasteiger partial charge >= 0.3 is 6.16 Å². The molecule has 1 aliphatic heterocycles. The SMILES string of the molecule is CN1CCN(c2ccc(C(=O)NCCSSCCOC(=O)O)cc2)CC1. The van der Waals surface area contributed by atoms with Crippen molar-refractivity contribution in [2.45, 2.75) is 0 Å². The number of amides is 1. The first kappa shape index (κ1) is 20.7. The summed E-state index contributed by atoms with van der Waals surface area (Å²) in [5.74, 6) is 1.27. The Bertz CT molecular complexity index is 578. The Morgan fingerprint density at radius 1 is 1.12 bits per heavy atom. The van der Waals surface area contributed by atoms with Gasteiger partial charge in [0.05, 0.1) is 0 Å². The van der Waals surface area contributed by atoms with Crippen molar-refractivity contribution < 1.29 is 19.4 Å². The molecule has 1 aliphatic rings. The van der Waals surface area contributed by atoms with Crippen LogP contribution in [0.2, 0.25) is 0 Å².